The molecule has 0 atom stereocenters. The van der Waals surface area contributed by atoms with Crippen LogP contribution in [0.2, 0.25) is 0 Å². The van der Waals surface area contributed by atoms with Crippen molar-refractivity contribution in [1.82, 2.24) is 10.4 Å². The third-order valence-corrected chi connectivity index (χ3v) is 0.624. The molecule has 7 nitrogen and oxygen atoms in total. The van der Waals surface area contributed by atoms with Crippen molar-refractivity contribution in [2.75, 3.05) is 10.2 Å². The number of amides is 1. The summed E-state index contributed by atoms with van der Waals surface area (Å²) in [4.78, 5) is 21.4. The molecule has 0 spiro atoms. The summed E-state index contributed by atoms with van der Waals surface area (Å²) in [5.74, 6) is -1.33. The average Bonchev–Trinajstić information content (AvgIpc) is 2.52. The number of carboxylic acid groups (broad SMARTS) is 1. The van der Waals surface area contributed by atoms with Crippen LogP contribution in [-0.2, 0) is 71.5 Å². The van der Waals surface area contributed by atoms with E-state index in [2.05, 4.69) is 76.2 Å². The van der Waals surface area contributed by atoms with Crippen molar-refractivity contribution in [1.29, 1.82) is 0 Å². The van der Waals surface area contributed by atoms with Crippen molar-refractivity contribution >= 4 is 66.9 Å². The number of nitrogens with zero attached hydrogens (tertiary/aromatic N) is 2. The molecule has 0 aliphatic rings. The van der Waals surface area contributed by atoms with E-state index in [1.807, 2.05) is 0 Å². The van der Waals surface area contributed by atoms with Crippen LogP contribution in [0.3, 0.4) is 0 Å². The van der Waals surface area contributed by atoms with Crippen LogP contribution >= 0.6 is 49.1 Å². The van der Waals surface area contributed by atoms with E-state index in [0.29, 0.717) is 0 Å². The molecule has 124 valence electrons. The second-order valence-corrected chi connectivity index (χ2v) is 30.9. The van der Waals surface area contributed by atoms with Gasteiger partial charge in [0.1, 0.15) is 6.20 Å². The topological polar surface area (TPSA) is 105 Å². The molecular weight excluding hydrogens is 1660 g/mol. The van der Waals surface area contributed by atoms with Gasteiger partial charge in [-0.2, -0.15) is 0 Å². The van der Waals surface area contributed by atoms with Crippen molar-refractivity contribution in [3.63, 3.8) is 0 Å². The molecule has 0 bridgehead atoms. The van der Waals surface area contributed by atoms with Crippen molar-refractivity contribution in [2.45, 2.75) is 0 Å². The van der Waals surface area contributed by atoms with Gasteiger partial charge in [-0.1, -0.05) is 0 Å². The molecule has 1 aromatic rings. The fourth-order valence-electron chi connectivity index (χ4n) is 0.360. The molecule has 1 aromatic heterocycles. The standard InChI is InChI=1S/C4H4N3O2.C2H3O2.CH3I3.2Re.2Rf.W/c1-3(8)6-4-2-5-7-9-4;1-2(3)4;1-4(2)3;;;;;/h2H,1H2,(H,6,8);1H2,(H,3,4);1H3;;;;;/q2*-1;;;;;;. The van der Waals surface area contributed by atoms with Gasteiger partial charge in [-0.05, 0) is 0 Å². The number of carbonyl (C=O) groups excluding carboxylic acids is 1. The Kier molecular flexibility index (Phi) is 57.0. The van der Waals surface area contributed by atoms with Crippen LogP contribution in [0.1, 0.15) is 0 Å². The van der Waals surface area contributed by atoms with Crippen molar-refractivity contribution in [3.05, 3.63) is 20.0 Å². The van der Waals surface area contributed by atoms with Crippen LogP contribution in [0, 0.1) is 13.8 Å². The predicted octanol–water partition coefficient (Wildman–Crippen LogP) is 2.56. The number of halogens is 3. The van der Waals surface area contributed by atoms with Crippen LogP contribution in [0.4, 0.5) is 5.88 Å². The summed E-state index contributed by atoms with van der Waals surface area (Å²) in [6, 6.07) is 0. The first-order valence-corrected chi connectivity index (χ1v) is 18.4. The van der Waals surface area contributed by atoms with Crippen LogP contribution < -0.4 is 5.32 Å². The Morgan fingerprint density at radius 2 is 1.64 bits per heavy atom. The van der Waals surface area contributed by atoms with Gasteiger partial charge in [0, 0.05) is 67.2 Å². The maximum Gasteiger partial charge on any atom is 0.249 e. The molecule has 0 unspecified atom stereocenters. The van der Waals surface area contributed by atoms with Crippen LogP contribution in [-0.4, -0.2) is 32.3 Å². The SMILES string of the molecule is CI(I)I.[CH2-]C(=O)Nc1cnno1.[CH2-]C(=O)O.[Re].[Re].[Rf].[Rf].[W]. The molecular formula is C7H10I3N3O4Re2Rf2W-2. The van der Waals surface area contributed by atoms with E-state index in [1.165, 1.54) is 6.20 Å². The molecule has 22 heavy (non-hydrogen) atoms. The Balaban J connectivity index is -0.0000000308. The molecule has 0 saturated carbocycles. The van der Waals surface area contributed by atoms with Gasteiger partial charge in [-0.25, -0.2) is 0 Å². The minimum Gasteiger partial charge on any atom is -0.503 e. The molecule has 0 saturated heterocycles. The molecule has 1 rings (SSSR count). The van der Waals surface area contributed by atoms with Crippen molar-refractivity contribution in [2.24, 2.45) is 0 Å². The molecule has 1 heterocycles. The number of carbonyl (C=O) groups is 2. The van der Waals surface area contributed by atoms with E-state index < -0.39 is 11.9 Å². The quantitative estimate of drug-likeness (QED) is 0.255. The fraction of sp³-hybridized carbons (Fsp3) is 0.143. The first kappa shape index (κ1) is 43.1. The zero-order chi connectivity index (χ0) is 13.8. The number of anilines is 1. The Labute approximate surface area is 185 Å². The Morgan fingerprint density at radius 3 is 1.82 bits per heavy atom. The number of hydrogen-bond donors (Lipinski definition) is 2. The normalized spacial score (nSPS) is 6.77. The Hall–Kier alpha value is 0.0230. The van der Waals surface area contributed by atoms with Crippen molar-refractivity contribution < 1.29 is 81.1 Å². The number of nitrogens with one attached hydrogen (secondary N) is 1. The Morgan fingerprint density at radius 1 is 1.32 bits per heavy atom. The third kappa shape index (κ3) is 59.6. The number of alkyl halides is 1. The molecule has 0 aliphatic carbocycles. The summed E-state index contributed by atoms with van der Waals surface area (Å²) in [5.41, 5.74) is 0. The van der Waals surface area contributed by atoms with Gasteiger partial charge in [0.2, 0.25) is 5.88 Å². The molecule has 15 heteroatoms. The maximum absolute atomic E-state index is 10.2. The van der Waals surface area contributed by atoms with E-state index in [-0.39, 0.29) is 79.7 Å². The number of aromatic nitrogens is 2. The second-order valence-electron chi connectivity index (χ2n) is 2.06. The first-order chi connectivity index (χ1) is 7.75. The molecule has 2 radical (unpaired) electrons. The van der Waals surface area contributed by atoms with E-state index in [4.69, 9.17) is 9.90 Å². The summed E-state index contributed by atoms with van der Waals surface area (Å²) >= 11 is 4.65. The Bertz CT molecular complexity index is 336. The smallest absolute Gasteiger partial charge is 0.249 e. The van der Waals surface area contributed by atoms with Gasteiger partial charge < -0.3 is 26.7 Å². The van der Waals surface area contributed by atoms with Gasteiger partial charge in [0.25, 0.3) is 0 Å². The summed E-state index contributed by atoms with van der Waals surface area (Å²) < 4.78 is 4.41. The molecule has 1 amide bonds. The summed E-state index contributed by atoms with van der Waals surface area (Å²) in [5, 5.41) is 16.0. The minimum absolute atomic E-state index is 0. The monoisotopic (exact) mass is 1670 g/mol. The first-order valence-electron chi connectivity index (χ1n) is 3.64. The van der Waals surface area contributed by atoms with Crippen LogP contribution in [0.15, 0.2) is 10.7 Å². The average molecular weight is 1670 g/mol. The summed E-state index contributed by atoms with van der Waals surface area (Å²) in [6.45, 7) is 5.60. The summed E-state index contributed by atoms with van der Waals surface area (Å²) in [7, 11) is 0. The molecule has 2 N–H and O–H groups in total. The van der Waals surface area contributed by atoms with Crippen LogP contribution in [0.5, 0.6) is 0 Å². The fourth-order valence-corrected chi connectivity index (χ4v) is 0.360. The van der Waals surface area contributed by atoms with E-state index in [0.717, 1.165) is 0 Å². The molecule has 0 aromatic carbocycles. The largest absolute Gasteiger partial charge is 0.503 e. The van der Waals surface area contributed by atoms with Crippen molar-refractivity contribution in [3.8, 4) is 0 Å². The number of hydrogen-bond acceptors (Lipinski definition) is 5. The predicted molar refractivity (Wildman–Crippen MR) is 89.3 cm³/mol. The molecule has 0 fully saturated rings. The third-order valence-electron chi connectivity index (χ3n) is 0.624. The van der Waals surface area contributed by atoms with E-state index in [9.17, 15) is 4.79 Å². The summed E-state index contributed by atoms with van der Waals surface area (Å²) in [6.07, 6.45) is 1.28. The number of rotatable bonds is 1. The van der Waals surface area contributed by atoms with E-state index in [1.54, 1.807) is 0 Å². The van der Waals surface area contributed by atoms with Crippen LogP contribution in [0.25, 0.3) is 0 Å². The zero-order valence-corrected chi connectivity index (χ0v) is 38.9. The molecule has 0 aliphatic heterocycles. The van der Waals surface area contributed by atoms with Gasteiger partial charge in [0.05, 0.1) is 5.91 Å². The van der Waals surface area contributed by atoms with Gasteiger partial charge in [-0.3, -0.25) is 11.7 Å². The number of carboxylic acids is 1. The van der Waals surface area contributed by atoms with Gasteiger partial charge >= 0.3 is 54.0 Å². The van der Waals surface area contributed by atoms with E-state index >= 15 is 0 Å². The van der Waals surface area contributed by atoms with Gasteiger partial charge in [-0.15, -0.1) is 5.10 Å². The second kappa shape index (κ2) is 29.1. The zero-order valence-electron chi connectivity index (χ0n) is 11.3. The number of aliphatic carboxylic acids is 1. The maximum atomic E-state index is 10.2. The minimum atomic E-state index is -1.08. The van der Waals surface area contributed by atoms with Gasteiger partial charge in [0.15, 0.2) is 5.97 Å².